The molecule has 3 fully saturated rings. The summed E-state index contributed by atoms with van der Waals surface area (Å²) in [4.78, 5) is 48.6. The predicted molar refractivity (Wildman–Crippen MR) is 188 cm³/mol. The van der Waals surface area contributed by atoms with E-state index in [-0.39, 0.29) is 0 Å². The van der Waals surface area contributed by atoms with E-state index in [1.165, 1.54) is 0 Å². The van der Waals surface area contributed by atoms with Crippen LogP contribution in [0, 0.1) is 0 Å². The van der Waals surface area contributed by atoms with Gasteiger partial charge in [-0.25, -0.2) is 4.79 Å². The summed E-state index contributed by atoms with van der Waals surface area (Å²) in [5.74, 6) is -7.20. The normalized spacial score (nSPS) is 37.8. The molecule has 3 aliphatic rings. The zero-order valence-corrected chi connectivity index (χ0v) is 32.6. The van der Waals surface area contributed by atoms with Crippen molar-refractivity contribution in [2.24, 2.45) is 0 Å². The fourth-order valence-corrected chi connectivity index (χ4v) is 6.94. The highest BCUT2D eigenvalue weighted by Crippen LogP contribution is 2.36. The Hall–Kier alpha value is -2.88. The number of hydrogen-bond acceptors (Lipinski definition) is 23. The Bertz CT molecular complexity index is 1420. The SMILES string of the molecule is CC(=O)N[C@H]1[C@H](O[C@@H]([C@@H](O)[C@H](O)CO)[C@H](CO)NC(C)=O)O[C@H](CO)[C@@H](O[C@@H]2O[C@H](CO[C@]3(C(=O)O)C[C@H](O)[C@@H](NC(C)=O)[C@H]([C@H](O)[C@H](O)CO)O3)[C@H](O)[C@H](O)[C@H]2O)[C@@H]1O. The maximum absolute atomic E-state index is 12.6. The van der Waals surface area contributed by atoms with E-state index in [9.17, 15) is 90.7 Å². The second-order valence-electron chi connectivity index (χ2n) is 14.6. The highest BCUT2D eigenvalue weighted by molar-refractivity contribution is 5.76. The van der Waals surface area contributed by atoms with Gasteiger partial charge in [-0.3, -0.25) is 14.4 Å². The minimum absolute atomic E-state index is 0.737. The van der Waals surface area contributed by atoms with Crippen molar-refractivity contribution in [3.8, 4) is 0 Å². The number of nitrogens with one attached hydrogen (secondary N) is 3. The molecule has 20 atom stereocenters. The Kier molecular flexibility index (Phi) is 19.3. The average Bonchev–Trinajstić information content (AvgIpc) is 3.19. The van der Waals surface area contributed by atoms with Crippen LogP contribution in [0.2, 0.25) is 0 Å². The molecule has 0 radical (unpaired) electrons. The molecule has 0 aromatic rings. The molecule has 3 aliphatic heterocycles. The average molecular weight is 880 g/mol. The summed E-state index contributed by atoms with van der Waals surface area (Å²) in [5, 5.41) is 153. The van der Waals surface area contributed by atoms with Crippen molar-refractivity contribution < 1.29 is 119 Å². The molecule has 3 saturated heterocycles. The molecule has 27 nitrogen and oxygen atoms in total. The van der Waals surface area contributed by atoms with Gasteiger partial charge in [-0.05, 0) is 0 Å². The number of amides is 3. The van der Waals surface area contributed by atoms with Gasteiger partial charge in [0.25, 0.3) is 5.79 Å². The number of carboxylic acids is 1. The van der Waals surface area contributed by atoms with Gasteiger partial charge in [0, 0.05) is 27.2 Å². The van der Waals surface area contributed by atoms with Crippen molar-refractivity contribution in [2.45, 2.75) is 149 Å². The molecule has 0 saturated carbocycles. The lowest BCUT2D eigenvalue weighted by Crippen LogP contribution is -2.69. The first-order valence-corrected chi connectivity index (χ1v) is 18.6. The molecular formula is C33H57N3O24. The minimum Gasteiger partial charge on any atom is -0.477 e. The van der Waals surface area contributed by atoms with Crippen LogP contribution >= 0.6 is 0 Å². The van der Waals surface area contributed by atoms with E-state index in [1.54, 1.807) is 0 Å². The first kappa shape index (κ1) is 51.5. The topological polar surface area (TPSA) is 443 Å². The third-order valence-electron chi connectivity index (χ3n) is 10.0. The molecule has 60 heavy (non-hydrogen) atoms. The number of aliphatic carboxylic acids is 1. The molecule has 17 N–H and O–H groups in total. The zero-order valence-electron chi connectivity index (χ0n) is 32.6. The van der Waals surface area contributed by atoms with E-state index in [0.29, 0.717) is 0 Å². The highest BCUT2D eigenvalue weighted by atomic mass is 16.8. The molecule has 27 heteroatoms. The molecule has 0 aromatic heterocycles. The molecule has 3 heterocycles. The van der Waals surface area contributed by atoms with Crippen LogP contribution < -0.4 is 16.0 Å². The minimum atomic E-state index is -2.93. The van der Waals surface area contributed by atoms with Gasteiger partial charge in [0.2, 0.25) is 17.7 Å². The summed E-state index contributed by atoms with van der Waals surface area (Å²) in [5.41, 5.74) is 0. The third kappa shape index (κ3) is 12.2. The lowest BCUT2D eigenvalue weighted by Gasteiger charge is -2.49. The van der Waals surface area contributed by atoms with Crippen LogP contribution in [-0.4, -0.2) is 250 Å². The fraction of sp³-hybridized carbons (Fsp3) is 0.879. The van der Waals surface area contributed by atoms with Crippen LogP contribution in [0.3, 0.4) is 0 Å². The van der Waals surface area contributed by atoms with E-state index >= 15 is 0 Å². The van der Waals surface area contributed by atoms with E-state index in [1.807, 2.05) is 0 Å². The van der Waals surface area contributed by atoms with Crippen LogP contribution in [0.1, 0.15) is 27.2 Å². The number of ether oxygens (including phenoxy) is 6. The molecule has 0 aliphatic carbocycles. The van der Waals surface area contributed by atoms with Gasteiger partial charge in [0.05, 0.1) is 51.2 Å². The molecule has 0 bridgehead atoms. The second-order valence-corrected chi connectivity index (χ2v) is 14.6. The van der Waals surface area contributed by atoms with Crippen molar-refractivity contribution in [1.82, 2.24) is 16.0 Å². The van der Waals surface area contributed by atoms with Crippen LogP contribution in [0.15, 0.2) is 0 Å². The molecule has 0 aromatic carbocycles. The Morgan fingerprint density at radius 2 is 1.32 bits per heavy atom. The first-order chi connectivity index (χ1) is 28.1. The summed E-state index contributed by atoms with van der Waals surface area (Å²) in [7, 11) is 0. The molecule has 348 valence electrons. The Labute approximate surface area is 340 Å². The summed E-state index contributed by atoms with van der Waals surface area (Å²) in [6, 6.07) is -4.78. The van der Waals surface area contributed by atoms with Crippen LogP contribution in [0.5, 0.6) is 0 Å². The number of carbonyl (C=O) groups is 4. The lowest BCUT2D eigenvalue weighted by molar-refractivity contribution is -0.363. The zero-order chi connectivity index (χ0) is 45.4. The van der Waals surface area contributed by atoms with Crippen LogP contribution in [-0.2, 0) is 47.6 Å². The number of rotatable bonds is 20. The number of carbonyl (C=O) groups excluding carboxylic acids is 3. The van der Waals surface area contributed by atoms with E-state index < -0.39 is 185 Å². The van der Waals surface area contributed by atoms with Gasteiger partial charge >= 0.3 is 5.97 Å². The quantitative estimate of drug-likeness (QED) is 0.0540. The van der Waals surface area contributed by atoms with Gasteiger partial charge in [-0.2, -0.15) is 0 Å². The first-order valence-electron chi connectivity index (χ1n) is 18.6. The number of aliphatic hydroxyl groups excluding tert-OH is 13. The lowest BCUT2D eigenvalue weighted by atomic mass is 9.88. The van der Waals surface area contributed by atoms with Gasteiger partial charge in [0.15, 0.2) is 12.6 Å². The summed E-state index contributed by atoms with van der Waals surface area (Å²) < 4.78 is 33.9. The predicted octanol–water partition coefficient (Wildman–Crippen LogP) is -10.5. The molecule has 0 unspecified atom stereocenters. The van der Waals surface area contributed by atoms with Crippen molar-refractivity contribution in [1.29, 1.82) is 0 Å². The second kappa shape index (κ2) is 22.5. The largest absolute Gasteiger partial charge is 0.477 e. The van der Waals surface area contributed by atoms with Gasteiger partial charge in [0.1, 0.15) is 85.4 Å². The molecule has 3 rings (SSSR count). The summed E-state index contributed by atoms with van der Waals surface area (Å²) in [6.45, 7) is -2.04. The van der Waals surface area contributed by atoms with E-state index in [0.717, 1.165) is 20.8 Å². The Balaban J connectivity index is 1.91. The number of carboxylic acid groups (broad SMARTS) is 1. The maximum atomic E-state index is 12.6. The third-order valence-corrected chi connectivity index (χ3v) is 10.0. The standard InChI is InChI=1S/C33H57N3O24/c1-10(41)34-13(5-37)27(21(47)15(45)6-38)58-30-20(36-12(3)43)24(50)28(17(8-40)56-30)59-31-26(52)25(51)23(49)18(57-31)9-55-33(32(53)54)4-14(44)19(35-11(2)42)29(60-33)22(48)16(46)7-39/h13-31,37-40,44-52H,4-9H2,1-3H3,(H,34,41)(H,35,42)(H,36,43)(H,53,54)/t13-,14-,15+,16+,17+,18+,19+,20+,21-,22+,23-,24+,25-,26+,27+,28+,29+,30-,31-,33+/m0/s1. The fourth-order valence-electron chi connectivity index (χ4n) is 6.94. The summed E-state index contributed by atoms with van der Waals surface area (Å²) in [6.07, 6.45) is -32.5. The van der Waals surface area contributed by atoms with Crippen LogP contribution in [0.4, 0.5) is 0 Å². The summed E-state index contributed by atoms with van der Waals surface area (Å²) >= 11 is 0. The molecule has 3 amide bonds. The Morgan fingerprint density at radius 3 is 1.83 bits per heavy atom. The van der Waals surface area contributed by atoms with Crippen molar-refractivity contribution in [3.05, 3.63) is 0 Å². The Morgan fingerprint density at radius 1 is 0.733 bits per heavy atom. The number of hydrogen-bond donors (Lipinski definition) is 17. The van der Waals surface area contributed by atoms with Crippen LogP contribution in [0.25, 0.3) is 0 Å². The smallest absolute Gasteiger partial charge is 0.364 e. The van der Waals surface area contributed by atoms with Gasteiger partial charge < -0.3 is 116 Å². The molecule has 0 spiro atoms. The van der Waals surface area contributed by atoms with E-state index in [4.69, 9.17) is 28.4 Å². The van der Waals surface area contributed by atoms with E-state index in [2.05, 4.69) is 16.0 Å². The monoisotopic (exact) mass is 879 g/mol. The maximum Gasteiger partial charge on any atom is 0.364 e. The molecular weight excluding hydrogens is 822 g/mol. The van der Waals surface area contributed by atoms with Gasteiger partial charge in [-0.15, -0.1) is 0 Å². The highest BCUT2D eigenvalue weighted by Gasteiger charge is 2.58. The number of aliphatic hydroxyl groups is 13. The van der Waals surface area contributed by atoms with Crippen molar-refractivity contribution in [2.75, 3.05) is 33.0 Å². The van der Waals surface area contributed by atoms with Gasteiger partial charge in [-0.1, -0.05) is 0 Å². The van der Waals surface area contributed by atoms with Crippen molar-refractivity contribution in [3.63, 3.8) is 0 Å². The van der Waals surface area contributed by atoms with Crippen molar-refractivity contribution >= 4 is 23.7 Å².